The van der Waals surface area contributed by atoms with Crippen molar-refractivity contribution in [2.75, 3.05) is 0 Å². The van der Waals surface area contributed by atoms with Crippen molar-refractivity contribution in [3.8, 4) is 0 Å². The van der Waals surface area contributed by atoms with E-state index in [0.29, 0.717) is 23.6 Å². The van der Waals surface area contributed by atoms with Gasteiger partial charge in [0, 0.05) is 6.54 Å². The van der Waals surface area contributed by atoms with Gasteiger partial charge in [-0.05, 0) is 36.1 Å². The molecule has 5 heteroatoms. The van der Waals surface area contributed by atoms with E-state index in [1.807, 2.05) is 24.3 Å². The maximum atomic E-state index is 12.5. The first kappa shape index (κ1) is 17.9. The summed E-state index contributed by atoms with van der Waals surface area (Å²) in [7, 11) is 0. The second-order valence-corrected chi connectivity index (χ2v) is 6.82. The molecular formula is C21H22N2O3. The van der Waals surface area contributed by atoms with Crippen molar-refractivity contribution < 1.29 is 14.4 Å². The summed E-state index contributed by atoms with van der Waals surface area (Å²) in [4.78, 5) is 38.4. The summed E-state index contributed by atoms with van der Waals surface area (Å²) in [6.07, 6.45) is 0. The van der Waals surface area contributed by atoms with Gasteiger partial charge in [0.2, 0.25) is 5.91 Å². The first-order chi connectivity index (χ1) is 12.4. The van der Waals surface area contributed by atoms with Crippen LogP contribution in [0, 0.1) is 0 Å². The molecule has 2 aromatic carbocycles. The molecule has 1 N–H and O–H groups in total. The zero-order chi connectivity index (χ0) is 18.8. The van der Waals surface area contributed by atoms with Crippen molar-refractivity contribution in [1.82, 2.24) is 10.2 Å². The van der Waals surface area contributed by atoms with Gasteiger partial charge in [-0.2, -0.15) is 0 Å². The Balaban J connectivity index is 1.65. The SMILES string of the molecule is CC(C)c1ccc(CNC(=O)C(C)N2C(=O)c3ccccc3C2=O)cc1. The second kappa shape index (κ2) is 7.12. The maximum Gasteiger partial charge on any atom is 0.262 e. The van der Waals surface area contributed by atoms with Gasteiger partial charge in [0.05, 0.1) is 11.1 Å². The summed E-state index contributed by atoms with van der Waals surface area (Å²) in [6.45, 7) is 6.17. The molecule has 134 valence electrons. The fourth-order valence-corrected chi connectivity index (χ4v) is 3.03. The third kappa shape index (κ3) is 3.25. The van der Waals surface area contributed by atoms with Crippen LogP contribution in [-0.4, -0.2) is 28.7 Å². The van der Waals surface area contributed by atoms with Crippen molar-refractivity contribution in [1.29, 1.82) is 0 Å². The lowest BCUT2D eigenvalue weighted by Gasteiger charge is -2.21. The molecule has 1 heterocycles. The Hall–Kier alpha value is -2.95. The number of rotatable bonds is 5. The largest absolute Gasteiger partial charge is 0.350 e. The summed E-state index contributed by atoms with van der Waals surface area (Å²) in [6, 6.07) is 13.8. The summed E-state index contributed by atoms with van der Waals surface area (Å²) in [5.41, 5.74) is 2.90. The van der Waals surface area contributed by atoms with Gasteiger partial charge in [-0.3, -0.25) is 19.3 Å². The standard InChI is InChI=1S/C21H22N2O3/c1-13(2)16-10-8-15(9-11-16)12-22-19(24)14(3)23-20(25)17-6-4-5-7-18(17)21(23)26/h4-11,13-14H,12H2,1-3H3,(H,22,24). The topological polar surface area (TPSA) is 66.5 Å². The average molecular weight is 350 g/mol. The highest BCUT2D eigenvalue weighted by molar-refractivity contribution is 6.22. The van der Waals surface area contributed by atoms with E-state index in [-0.39, 0.29) is 5.91 Å². The summed E-state index contributed by atoms with van der Waals surface area (Å²) < 4.78 is 0. The van der Waals surface area contributed by atoms with E-state index in [2.05, 4.69) is 19.2 Å². The predicted molar refractivity (Wildman–Crippen MR) is 98.8 cm³/mol. The summed E-state index contributed by atoms with van der Waals surface area (Å²) in [5.74, 6) is -0.746. The lowest BCUT2D eigenvalue weighted by Crippen LogP contribution is -2.47. The highest BCUT2D eigenvalue weighted by atomic mass is 16.2. The van der Waals surface area contributed by atoms with Crippen LogP contribution in [0.5, 0.6) is 0 Å². The van der Waals surface area contributed by atoms with Crippen LogP contribution >= 0.6 is 0 Å². The highest BCUT2D eigenvalue weighted by Gasteiger charge is 2.40. The van der Waals surface area contributed by atoms with Crippen LogP contribution in [0.15, 0.2) is 48.5 Å². The first-order valence-electron chi connectivity index (χ1n) is 8.73. The number of nitrogens with one attached hydrogen (secondary N) is 1. The minimum atomic E-state index is -0.864. The lowest BCUT2D eigenvalue weighted by molar-refractivity contribution is -0.124. The fraction of sp³-hybridized carbons (Fsp3) is 0.286. The van der Waals surface area contributed by atoms with Gasteiger partial charge in [-0.1, -0.05) is 50.2 Å². The molecule has 26 heavy (non-hydrogen) atoms. The van der Waals surface area contributed by atoms with E-state index in [4.69, 9.17) is 0 Å². The van der Waals surface area contributed by atoms with Gasteiger partial charge in [0.25, 0.3) is 11.8 Å². The number of hydrogen-bond donors (Lipinski definition) is 1. The van der Waals surface area contributed by atoms with Gasteiger partial charge in [0.15, 0.2) is 0 Å². The van der Waals surface area contributed by atoms with Crippen molar-refractivity contribution >= 4 is 17.7 Å². The summed E-state index contributed by atoms with van der Waals surface area (Å²) >= 11 is 0. The molecule has 0 fully saturated rings. The molecule has 3 rings (SSSR count). The normalized spacial score (nSPS) is 14.5. The van der Waals surface area contributed by atoms with E-state index < -0.39 is 17.9 Å². The number of carbonyl (C=O) groups excluding carboxylic acids is 3. The van der Waals surface area contributed by atoms with Gasteiger partial charge >= 0.3 is 0 Å². The van der Waals surface area contributed by atoms with E-state index >= 15 is 0 Å². The Bertz CT molecular complexity index is 821. The predicted octanol–water partition coefficient (Wildman–Crippen LogP) is 3.11. The van der Waals surface area contributed by atoms with Crippen LogP contribution in [0.3, 0.4) is 0 Å². The Morgan fingerprint density at radius 3 is 1.96 bits per heavy atom. The number of benzene rings is 2. The monoisotopic (exact) mass is 350 g/mol. The molecule has 0 aromatic heterocycles. The minimum absolute atomic E-state index is 0.349. The number of hydrogen-bond acceptors (Lipinski definition) is 3. The van der Waals surface area contributed by atoms with Crippen LogP contribution in [0.2, 0.25) is 0 Å². The van der Waals surface area contributed by atoms with Crippen molar-refractivity contribution in [3.63, 3.8) is 0 Å². The average Bonchev–Trinajstić information content (AvgIpc) is 2.90. The lowest BCUT2D eigenvalue weighted by atomic mass is 10.0. The van der Waals surface area contributed by atoms with Crippen LogP contribution < -0.4 is 5.32 Å². The van der Waals surface area contributed by atoms with Crippen LogP contribution in [0.4, 0.5) is 0 Å². The Kier molecular flexibility index (Phi) is 4.89. The quantitative estimate of drug-likeness (QED) is 0.843. The Labute approximate surface area is 153 Å². The van der Waals surface area contributed by atoms with E-state index in [9.17, 15) is 14.4 Å². The molecule has 1 aliphatic heterocycles. The molecule has 0 saturated carbocycles. The molecule has 2 aromatic rings. The maximum absolute atomic E-state index is 12.5. The van der Waals surface area contributed by atoms with Gasteiger partial charge in [0.1, 0.15) is 6.04 Å². The van der Waals surface area contributed by atoms with E-state index in [1.165, 1.54) is 5.56 Å². The third-order valence-electron chi connectivity index (χ3n) is 4.71. The minimum Gasteiger partial charge on any atom is -0.350 e. The van der Waals surface area contributed by atoms with Crippen molar-refractivity contribution in [2.45, 2.75) is 39.3 Å². The van der Waals surface area contributed by atoms with Crippen LogP contribution in [0.25, 0.3) is 0 Å². The van der Waals surface area contributed by atoms with Crippen molar-refractivity contribution in [3.05, 3.63) is 70.8 Å². The molecule has 5 nitrogen and oxygen atoms in total. The number of amides is 3. The second-order valence-electron chi connectivity index (χ2n) is 6.82. The van der Waals surface area contributed by atoms with Gasteiger partial charge < -0.3 is 5.32 Å². The molecule has 1 atom stereocenters. The fourth-order valence-electron chi connectivity index (χ4n) is 3.03. The molecular weight excluding hydrogens is 328 g/mol. The van der Waals surface area contributed by atoms with Gasteiger partial charge in [-0.15, -0.1) is 0 Å². The number of imide groups is 1. The van der Waals surface area contributed by atoms with E-state index in [0.717, 1.165) is 10.5 Å². The molecule has 3 amide bonds. The molecule has 1 unspecified atom stereocenters. The van der Waals surface area contributed by atoms with E-state index in [1.54, 1.807) is 31.2 Å². The Morgan fingerprint density at radius 2 is 1.46 bits per heavy atom. The zero-order valence-corrected chi connectivity index (χ0v) is 15.2. The molecule has 0 aliphatic carbocycles. The van der Waals surface area contributed by atoms with Crippen molar-refractivity contribution in [2.24, 2.45) is 0 Å². The van der Waals surface area contributed by atoms with Crippen LogP contribution in [-0.2, 0) is 11.3 Å². The first-order valence-corrected chi connectivity index (χ1v) is 8.73. The zero-order valence-electron chi connectivity index (χ0n) is 15.2. The molecule has 0 radical (unpaired) electrons. The summed E-state index contributed by atoms with van der Waals surface area (Å²) in [5, 5.41) is 2.81. The smallest absolute Gasteiger partial charge is 0.262 e. The highest BCUT2D eigenvalue weighted by Crippen LogP contribution is 2.24. The molecule has 0 bridgehead atoms. The molecule has 0 spiro atoms. The number of fused-ring (bicyclic) bond motifs is 1. The molecule has 1 aliphatic rings. The Morgan fingerprint density at radius 1 is 0.923 bits per heavy atom. The molecule has 0 saturated heterocycles. The third-order valence-corrected chi connectivity index (χ3v) is 4.71. The number of carbonyl (C=O) groups is 3. The van der Waals surface area contributed by atoms with Crippen LogP contribution in [0.1, 0.15) is 58.5 Å². The van der Waals surface area contributed by atoms with Gasteiger partial charge in [-0.25, -0.2) is 0 Å². The number of nitrogens with zero attached hydrogens (tertiary/aromatic N) is 1.